The highest BCUT2D eigenvalue weighted by molar-refractivity contribution is 7.84. The summed E-state index contributed by atoms with van der Waals surface area (Å²) in [4.78, 5) is 9.26. The summed E-state index contributed by atoms with van der Waals surface area (Å²) in [5.74, 6) is -0.995. The lowest BCUT2D eigenvalue weighted by Crippen LogP contribution is -2.19. The molecule has 0 saturated heterocycles. The molecule has 62 valence electrons. The van der Waals surface area contributed by atoms with Gasteiger partial charge in [0.15, 0.2) is 0 Å². The second kappa shape index (κ2) is 5.19. The maximum atomic E-state index is 9.26. The van der Waals surface area contributed by atoms with E-state index in [0.29, 0.717) is 6.26 Å². The van der Waals surface area contributed by atoms with Crippen molar-refractivity contribution in [1.82, 2.24) is 0 Å². The Morgan fingerprint density at radius 3 is 1.60 bits per heavy atom. The average Bonchev–Trinajstić information content (AvgIpc) is 1.61. The molecule has 0 aliphatic heterocycles. The average molecular weight is 168 g/mol. The van der Waals surface area contributed by atoms with Gasteiger partial charge in [0.05, 0.1) is 10.1 Å². The molecular formula is C4H8O5S-2. The maximum Gasteiger partial charge on any atom is 0.0916 e. The summed E-state index contributed by atoms with van der Waals surface area (Å²) in [5.41, 5.74) is 0. The Morgan fingerprint density at radius 2 is 1.60 bits per heavy atom. The number of aliphatic carboxylic acids is 1. The molecular weight excluding hydrogens is 160 g/mol. The molecule has 0 aliphatic rings. The highest BCUT2D eigenvalue weighted by atomic mass is 32.2. The first-order chi connectivity index (χ1) is 4.27. The van der Waals surface area contributed by atoms with Crippen LogP contribution in [-0.2, 0) is 14.9 Å². The summed E-state index contributed by atoms with van der Waals surface area (Å²) in [6.07, 6.45) is 0.715. The van der Waals surface area contributed by atoms with Crippen LogP contribution in [0.1, 0.15) is 13.3 Å². The smallest absolute Gasteiger partial charge is 0.0916 e. The van der Waals surface area contributed by atoms with Crippen molar-refractivity contribution < 1.29 is 22.9 Å². The van der Waals surface area contributed by atoms with Crippen LogP contribution in [0.5, 0.6) is 0 Å². The molecule has 6 heteroatoms. The van der Waals surface area contributed by atoms with E-state index in [-0.39, 0.29) is 6.42 Å². The van der Waals surface area contributed by atoms with E-state index < -0.39 is 16.1 Å². The summed E-state index contributed by atoms with van der Waals surface area (Å²) in [6, 6.07) is 0. The van der Waals surface area contributed by atoms with Gasteiger partial charge in [-0.05, 0) is 6.42 Å². The lowest BCUT2D eigenvalue weighted by molar-refractivity contribution is -0.305. The van der Waals surface area contributed by atoms with E-state index in [4.69, 9.17) is 13.0 Å². The number of hydrogen-bond donors (Lipinski definition) is 0. The van der Waals surface area contributed by atoms with Gasteiger partial charge in [0.1, 0.15) is 0 Å². The molecule has 0 radical (unpaired) electrons. The van der Waals surface area contributed by atoms with E-state index in [9.17, 15) is 9.90 Å². The Labute approximate surface area is 59.4 Å². The van der Waals surface area contributed by atoms with Gasteiger partial charge in [-0.15, -0.1) is 0 Å². The summed E-state index contributed by atoms with van der Waals surface area (Å²) < 4.78 is 27.2. The second-order valence-electron chi connectivity index (χ2n) is 1.43. The van der Waals surface area contributed by atoms with Crippen molar-refractivity contribution in [1.29, 1.82) is 0 Å². The topological polar surface area (TPSA) is 97.3 Å². The number of carboxylic acids is 1. The quantitative estimate of drug-likeness (QED) is 0.435. The number of hydrogen-bond acceptors (Lipinski definition) is 5. The number of carbonyl (C=O) groups excluding carboxylic acids is 1. The van der Waals surface area contributed by atoms with Crippen molar-refractivity contribution in [2.24, 2.45) is 0 Å². The molecule has 0 aromatic carbocycles. The minimum Gasteiger partial charge on any atom is -0.748 e. The van der Waals surface area contributed by atoms with Crippen molar-refractivity contribution in [2.75, 3.05) is 6.26 Å². The van der Waals surface area contributed by atoms with Gasteiger partial charge in [-0.1, -0.05) is 6.92 Å². The molecule has 0 spiro atoms. The Morgan fingerprint density at radius 1 is 1.50 bits per heavy atom. The number of carbonyl (C=O) groups is 1. The third-order valence-corrected chi connectivity index (χ3v) is 0.289. The Bertz CT molecular complexity index is 172. The first-order valence-corrected chi connectivity index (χ1v) is 4.19. The summed E-state index contributed by atoms with van der Waals surface area (Å²) >= 11 is 0. The zero-order valence-electron chi connectivity index (χ0n) is 5.66. The van der Waals surface area contributed by atoms with Gasteiger partial charge in [-0.2, -0.15) is 0 Å². The van der Waals surface area contributed by atoms with Crippen LogP contribution in [0.2, 0.25) is 0 Å². The molecule has 0 unspecified atom stereocenters. The number of carboxylic acid groups (broad SMARTS) is 1. The summed E-state index contributed by atoms with van der Waals surface area (Å²) in [6.45, 7) is 1.54. The van der Waals surface area contributed by atoms with Crippen LogP contribution in [0.15, 0.2) is 0 Å². The van der Waals surface area contributed by atoms with Crippen LogP contribution in [0.25, 0.3) is 0 Å². The first-order valence-electron chi connectivity index (χ1n) is 2.38. The van der Waals surface area contributed by atoms with Gasteiger partial charge in [0.2, 0.25) is 0 Å². The van der Waals surface area contributed by atoms with E-state index in [1.165, 1.54) is 6.92 Å². The van der Waals surface area contributed by atoms with Gasteiger partial charge >= 0.3 is 0 Å². The second-order valence-corrected chi connectivity index (χ2v) is 2.84. The third-order valence-electron chi connectivity index (χ3n) is 0.289. The minimum atomic E-state index is -3.92. The molecule has 0 bridgehead atoms. The normalized spacial score (nSPS) is 9.50. The fourth-order valence-corrected chi connectivity index (χ4v) is 0. The molecule has 0 amide bonds. The highest BCUT2D eigenvalue weighted by Gasteiger charge is 1.66. The summed E-state index contributed by atoms with van der Waals surface area (Å²) in [7, 11) is -3.92. The molecule has 0 saturated carbocycles. The molecule has 0 N–H and O–H groups in total. The molecule has 0 atom stereocenters. The first kappa shape index (κ1) is 12.1. The predicted molar refractivity (Wildman–Crippen MR) is 30.9 cm³/mol. The fraction of sp³-hybridized carbons (Fsp3) is 0.750. The van der Waals surface area contributed by atoms with E-state index in [0.717, 1.165) is 0 Å². The standard InChI is InChI=1S/C3H6O2.CH4O3S/c1-2-3(4)5;1-5(2,3)4/h2H2,1H3,(H,4,5);1H3,(H,2,3,4)/p-2. The van der Waals surface area contributed by atoms with Gasteiger partial charge in [0, 0.05) is 12.2 Å². The molecule has 10 heavy (non-hydrogen) atoms. The van der Waals surface area contributed by atoms with E-state index >= 15 is 0 Å². The Hall–Kier alpha value is -0.620. The molecule has 0 aromatic rings. The van der Waals surface area contributed by atoms with Gasteiger partial charge in [-0.3, -0.25) is 0 Å². The zero-order valence-corrected chi connectivity index (χ0v) is 6.47. The monoisotopic (exact) mass is 168 g/mol. The largest absolute Gasteiger partial charge is 0.748 e. The Balaban J connectivity index is 0. The van der Waals surface area contributed by atoms with Crippen molar-refractivity contribution in [3.05, 3.63) is 0 Å². The van der Waals surface area contributed by atoms with Crippen LogP contribution in [0.3, 0.4) is 0 Å². The molecule has 0 heterocycles. The third kappa shape index (κ3) is 158. The molecule has 0 rings (SSSR count). The van der Waals surface area contributed by atoms with Crippen molar-refractivity contribution in [3.63, 3.8) is 0 Å². The van der Waals surface area contributed by atoms with Crippen LogP contribution < -0.4 is 5.11 Å². The van der Waals surface area contributed by atoms with Crippen LogP contribution in [0.4, 0.5) is 0 Å². The van der Waals surface area contributed by atoms with E-state index in [2.05, 4.69) is 0 Å². The molecule has 0 aromatic heterocycles. The van der Waals surface area contributed by atoms with Crippen molar-refractivity contribution in [2.45, 2.75) is 13.3 Å². The predicted octanol–water partition coefficient (Wildman–Crippen LogP) is -1.69. The SMILES string of the molecule is CCC(=O)[O-].CS(=O)(=O)[O-]. The van der Waals surface area contributed by atoms with Crippen LogP contribution in [0, 0.1) is 0 Å². The maximum absolute atomic E-state index is 9.26. The van der Waals surface area contributed by atoms with E-state index in [1.54, 1.807) is 0 Å². The summed E-state index contributed by atoms with van der Waals surface area (Å²) in [5, 5.41) is 9.26. The molecule has 0 aliphatic carbocycles. The van der Waals surface area contributed by atoms with Crippen LogP contribution >= 0.6 is 0 Å². The minimum absolute atomic E-state index is 0.111. The fourth-order valence-electron chi connectivity index (χ4n) is 0. The van der Waals surface area contributed by atoms with Gasteiger partial charge in [0.25, 0.3) is 0 Å². The molecule has 5 nitrogen and oxygen atoms in total. The van der Waals surface area contributed by atoms with Gasteiger partial charge < -0.3 is 14.5 Å². The van der Waals surface area contributed by atoms with Crippen LogP contribution in [-0.4, -0.2) is 25.2 Å². The lowest BCUT2D eigenvalue weighted by Gasteiger charge is -1.90. The van der Waals surface area contributed by atoms with Gasteiger partial charge in [-0.25, -0.2) is 8.42 Å². The number of rotatable bonds is 1. The lowest BCUT2D eigenvalue weighted by atomic mass is 10.5. The zero-order chi connectivity index (χ0) is 8.78. The Kier molecular flexibility index (Phi) is 6.27. The molecule has 0 fully saturated rings. The van der Waals surface area contributed by atoms with Crippen molar-refractivity contribution in [3.8, 4) is 0 Å². The van der Waals surface area contributed by atoms with E-state index in [1.807, 2.05) is 0 Å². The highest BCUT2D eigenvalue weighted by Crippen LogP contribution is 1.62. The van der Waals surface area contributed by atoms with Crippen molar-refractivity contribution >= 4 is 16.1 Å².